The highest BCUT2D eigenvalue weighted by atomic mass is 35.5. The quantitative estimate of drug-likeness (QED) is 0.480. The number of ether oxygens (including phenoxy) is 1. The summed E-state index contributed by atoms with van der Waals surface area (Å²) < 4.78 is 5.06. The first kappa shape index (κ1) is 26.8. The van der Waals surface area contributed by atoms with Crippen molar-refractivity contribution in [2.45, 2.75) is 25.4 Å². The number of benzene rings is 2. The number of aliphatic carboxylic acids is 1. The van der Waals surface area contributed by atoms with E-state index in [9.17, 15) is 9.59 Å². The topological polar surface area (TPSA) is 142 Å². The first-order valence-corrected chi connectivity index (χ1v) is 9.46. The van der Waals surface area contributed by atoms with Crippen molar-refractivity contribution in [2.24, 2.45) is 17.2 Å². The molecule has 0 heterocycles. The highest BCUT2D eigenvalue weighted by Crippen LogP contribution is 2.19. The molecule has 0 amide bonds. The molecule has 0 radical (unpaired) electrons. The van der Waals surface area contributed by atoms with Gasteiger partial charge in [0, 0.05) is 22.7 Å². The standard InChI is InChI=1S/C8H11NO.C7H4Cl2O.C5H12N2O2/c1-10-8-5-3-2-4-7(8)6-9;8-6-2-1-5(4-10)7(9)3-6;6-3-1-2-4(7)5(8)9/h2-5H,6,9H2,1H3;1-4H;4H,1-3,6-7H2,(H,8,9)/p+1/t;;4-/m..0/s1. The van der Waals surface area contributed by atoms with Crippen LogP contribution in [0.5, 0.6) is 5.75 Å². The van der Waals surface area contributed by atoms with Crippen LogP contribution in [-0.4, -0.2) is 37.1 Å². The van der Waals surface area contributed by atoms with Crippen molar-refractivity contribution in [2.75, 3.05) is 13.7 Å². The van der Waals surface area contributed by atoms with Gasteiger partial charge >= 0.3 is 7.40 Å². The number of para-hydroxylation sites is 1. The molecule has 0 fully saturated rings. The molecule has 0 unspecified atom stereocenters. The molecule has 7 N–H and O–H groups in total. The first-order chi connectivity index (χ1) is 13.8. The average molecular weight is 445 g/mol. The third-order valence-electron chi connectivity index (χ3n) is 3.54. The number of aldehydes is 1. The molecule has 0 aliphatic carbocycles. The molecule has 0 aromatic heterocycles. The highest BCUT2D eigenvalue weighted by Gasteiger charge is 2.08. The van der Waals surface area contributed by atoms with Gasteiger partial charge in [-0.25, -0.2) is 0 Å². The van der Waals surface area contributed by atoms with Crippen molar-refractivity contribution in [3.05, 3.63) is 63.6 Å². The van der Waals surface area contributed by atoms with Crippen LogP contribution in [0, 0.1) is 0 Å². The molecule has 0 aliphatic heterocycles. The maximum Gasteiger partial charge on any atom is 1.00 e. The van der Waals surface area contributed by atoms with E-state index < -0.39 is 12.0 Å². The van der Waals surface area contributed by atoms with Gasteiger partial charge in [0.05, 0.1) is 12.1 Å². The number of carbonyl (C=O) groups excluding carboxylic acids is 1. The smallest absolute Gasteiger partial charge is 0.496 e. The van der Waals surface area contributed by atoms with Gasteiger partial charge in [-0.15, -0.1) is 0 Å². The molecular weight excluding hydrogens is 417 g/mol. The Morgan fingerprint density at radius 1 is 1.24 bits per heavy atom. The number of hydrogen-bond donors (Lipinski definition) is 4. The number of nitrogens with two attached hydrogens (primary N) is 3. The fourth-order valence-electron chi connectivity index (χ4n) is 1.93. The third-order valence-corrected chi connectivity index (χ3v) is 4.10. The largest absolute Gasteiger partial charge is 1.00 e. The normalized spacial score (nSPS) is 10.6. The maximum atomic E-state index is 10.2. The minimum absolute atomic E-state index is 0. The fourth-order valence-corrected chi connectivity index (χ4v) is 2.38. The highest BCUT2D eigenvalue weighted by molar-refractivity contribution is 6.36. The van der Waals surface area contributed by atoms with E-state index in [0.717, 1.165) is 11.3 Å². The Morgan fingerprint density at radius 2 is 1.90 bits per heavy atom. The summed E-state index contributed by atoms with van der Waals surface area (Å²) >= 11 is 11.2. The number of rotatable bonds is 7. The maximum absolute atomic E-state index is 10.2. The predicted octanol–water partition coefficient (Wildman–Crippen LogP) is 3.21. The fraction of sp³-hybridized carbons (Fsp3) is 0.300. The number of halogens is 2. The predicted molar refractivity (Wildman–Crippen MR) is 118 cm³/mol. The van der Waals surface area contributed by atoms with Crippen LogP contribution in [0.4, 0.5) is 0 Å². The SMILES string of the molecule is COc1ccccc1CN.NCCC[C@H](N)C(=O)O.O=Cc1ccc(Cl)cc1Cl.[H+]. The molecule has 1 atom stereocenters. The van der Waals surface area contributed by atoms with Crippen molar-refractivity contribution in [3.8, 4) is 5.75 Å². The molecule has 9 heteroatoms. The summed E-state index contributed by atoms with van der Waals surface area (Å²) in [6, 6.07) is 11.7. The summed E-state index contributed by atoms with van der Waals surface area (Å²) in [5.74, 6) is -0.0894. The molecule has 2 aromatic rings. The van der Waals surface area contributed by atoms with Gasteiger partial charge in [0.2, 0.25) is 0 Å². The molecule has 0 spiro atoms. The summed E-state index contributed by atoms with van der Waals surface area (Å²) in [6.07, 6.45) is 1.83. The average Bonchev–Trinajstić information content (AvgIpc) is 2.72. The Balaban J connectivity index is 0. The van der Waals surface area contributed by atoms with E-state index >= 15 is 0 Å². The van der Waals surface area contributed by atoms with Crippen LogP contribution in [0.1, 0.15) is 30.2 Å². The van der Waals surface area contributed by atoms with Crippen molar-refractivity contribution in [3.63, 3.8) is 0 Å². The second kappa shape index (κ2) is 15.7. The van der Waals surface area contributed by atoms with E-state index in [1.54, 1.807) is 19.2 Å². The van der Waals surface area contributed by atoms with Crippen molar-refractivity contribution in [1.82, 2.24) is 0 Å². The van der Waals surface area contributed by atoms with E-state index in [1.807, 2.05) is 24.3 Å². The minimum atomic E-state index is -0.955. The Kier molecular flexibility index (Phi) is 14.6. The van der Waals surface area contributed by atoms with E-state index in [0.29, 0.717) is 47.8 Å². The van der Waals surface area contributed by atoms with Crippen molar-refractivity contribution < 1.29 is 20.9 Å². The lowest BCUT2D eigenvalue weighted by Gasteiger charge is -2.03. The monoisotopic (exact) mass is 444 g/mol. The van der Waals surface area contributed by atoms with E-state index in [1.165, 1.54) is 6.07 Å². The molecule has 7 nitrogen and oxygen atoms in total. The number of carboxylic acid groups (broad SMARTS) is 1. The van der Waals surface area contributed by atoms with Crippen LogP contribution in [-0.2, 0) is 11.3 Å². The van der Waals surface area contributed by atoms with Crippen LogP contribution in [0.2, 0.25) is 10.0 Å². The molecule has 29 heavy (non-hydrogen) atoms. The lowest BCUT2D eigenvalue weighted by Crippen LogP contribution is -2.30. The number of methoxy groups -OCH3 is 1. The zero-order valence-corrected chi connectivity index (χ0v) is 17.7. The first-order valence-electron chi connectivity index (χ1n) is 8.71. The van der Waals surface area contributed by atoms with E-state index in [2.05, 4.69) is 0 Å². The van der Waals surface area contributed by atoms with Gasteiger partial charge in [-0.05, 0) is 43.7 Å². The molecule has 0 aliphatic rings. The van der Waals surface area contributed by atoms with Gasteiger partial charge in [0.1, 0.15) is 11.8 Å². The molecule has 2 rings (SSSR count). The zero-order chi connectivity index (χ0) is 22.2. The second-order valence-electron chi connectivity index (χ2n) is 5.68. The van der Waals surface area contributed by atoms with Gasteiger partial charge in [-0.3, -0.25) is 9.59 Å². The number of carbonyl (C=O) groups is 2. The van der Waals surface area contributed by atoms with Crippen LogP contribution < -0.4 is 21.9 Å². The Bertz CT molecular complexity index is 744. The van der Waals surface area contributed by atoms with Gasteiger partial charge in [-0.2, -0.15) is 0 Å². The van der Waals surface area contributed by atoms with Gasteiger partial charge in [-0.1, -0.05) is 41.4 Å². The van der Waals surface area contributed by atoms with Crippen molar-refractivity contribution >= 4 is 35.5 Å². The second-order valence-corrected chi connectivity index (χ2v) is 6.52. The lowest BCUT2D eigenvalue weighted by atomic mass is 10.2. The molecular formula is C20H28Cl2N3O4+. The number of carboxylic acids is 1. The van der Waals surface area contributed by atoms with Crippen LogP contribution in [0.3, 0.4) is 0 Å². The summed E-state index contributed by atoms with van der Waals surface area (Å²) in [7, 11) is 1.65. The molecule has 0 saturated carbocycles. The summed E-state index contributed by atoms with van der Waals surface area (Å²) in [4.78, 5) is 20.3. The van der Waals surface area contributed by atoms with E-state index in [-0.39, 0.29) is 1.43 Å². The van der Waals surface area contributed by atoms with Gasteiger partial charge in [0.15, 0.2) is 6.29 Å². The molecule has 0 bridgehead atoms. The Labute approximate surface area is 182 Å². The lowest BCUT2D eigenvalue weighted by molar-refractivity contribution is -0.138. The van der Waals surface area contributed by atoms with Crippen LogP contribution in [0.15, 0.2) is 42.5 Å². The number of hydrogen-bond acceptors (Lipinski definition) is 6. The summed E-state index contributed by atoms with van der Waals surface area (Å²) in [5.41, 5.74) is 17.2. The summed E-state index contributed by atoms with van der Waals surface area (Å²) in [5, 5.41) is 9.17. The third kappa shape index (κ3) is 11.4. The summed E-state index contributed by atoms with van der Waals surface area (Å²) in [6.45, 7) is 1.03. The molecule has 160 valence electrons. The van der Waals surface area contributed by atoms with Crippen LogP contribution >= 0.6 is 23.2 Å². The minimum Gasteiger partial charge on any atom is -0.496 e. The van der Waals surface area contributed by atoms with Crippen LogP contribution in [0.25, 0.3) is 0 Å². The Hall–Kier alpha value is -2.16. The van der Waals surface area contributed by atoms with E-state index in [4.69, 9.17) is 50.2 Å². The molecule has 2 aromatic carbocycles. The van der Waals surface area contributed by atoms with Gasteiger partial charge in [0.25, 0.3) is 0 Å². The van der Waals surface area contributed by atoms with Gasteiger partial charge < -0.3 is 27.0 Å². The van der Waals surface area contributed by atoms with Crippen molar-refractivity contribution in [1.29, 1.82) is 0 Å². The Morgan fingerprint density at radius 3 is 2.34 bits per heavy atom. The zero-order valence-electron chi connectivity index (χ0n) is 17.2. The molecule has 0 saturated heterocycles.